The maximum Gasteiger partial charge on any atom is 0.130 e. The monoisotopic (exact) mass is 378 g/mol. The molecule has 1 aliphatic rings. The molecular formula is C23H23FN2O2. The lowest BCUT2D eigenvalue weighted by atomic mass is 10.1. The van der Waals surface area contributed by atoms with Crippen molar-refractivity contribution in [2.45, 2.75) is 19.3 Å². The maximum atomic E-state index is 13.2. The average Bonchev–Trinajstić information content (AvgIpc) is 2.74. The second kappa shape index (κ2) is 8.95. The highest BCUT2D eigenvalue weighted by Crippen LogP contribution is 2.24. The molecule has 0 bridgehead atoms. The number of hydrogen-bond donors (Lipinski definition) is 0. The molecule has 0 aliphatic carbocycles. The molecule has 1 fully saturated rings. The Morgan fingerprint density at radius 2 is 1.96 bits per heavy atom. The third kappa shape index (κ3) is 4.94. The number of benzene rings is 2. The summed E-state index contributed by atoms with van der Waals surface area (Å²) in [5.74, 6) is 0.616. The first kappa shape index (κ1) is 18.6. The van der Waals surface area contributed by atoms with Gasteiger partial charge in [0.15, 0.2) is 0 Å². The zero-order valence-corrected chi connectivity index (χ0v) is 15.6. The van der Waals surface area contributed by atoms with Crippen molar-refractivity contribution in [2.24, 2.45) is 0 Å². The fourth-order valence-electron chi connectivity index (χ4n) is 3.36. The van der Waals surface area contributed by atoms with E-state index in [9.17, 15) is 4.39 Å². The molecule has 3 aromatic rings. The molecule has 1 unspecified atom stereocenters. The van der Waals surface area contributed by atoms with Crippen LogP contribution in [0.4, 0.5) is 4.39 Å². The van der Waals surface area contributed by atoms with Crippen LogP contribution in [0.1, 0.15) is 22.9 Å². The molecule has 0 saturated carbocycles. The van der Waals surface area contributed by atoms with E-state index >= 15 is 0 Å². The predicted molar refractivity (Wildman–Crippen MR) is 105 cm³/mol. The van der Waals surface area contributed by atoms with Gasteiger partial charge in [-0.2, -0.15) is 0 Å². The molecule has 0 spiro atoms. The highest BCUT2D eigenvalue weighted by Gasteiger charge is 2.22. The van der Waals surface area contributed by atoms with Crippen molar-refractivity contribution in [3.63, 3.8) is 0 Å². The zero-order valence-electron chi connectivity index (χ0n) is 15.6. The van der Waals surface area contributed by atoms with Crippen LogP contribution in [0.2, 0.25) is 0 Å². The second-order valence-electron chi connectivity index (χ2n) is 6.90. The molecule has 0 amide bonds. The SMILES string of the molecule is Fc1ccc(C2CN(Cc3cccc(OCc4ccccn4)c3)CCO2)cc1. The van der Waals surface area contributed by atoms with E-state index in [1.165, 1.54) is 17.7 Å². The molecule has 1 atom stereocenters. The third-order valence-electron chi connectivity index (χ3n) is 4.81. The lowest BCUT2D eigenvalue weighted by molar-refractivity contribution is -0.0329. The van der Waals surface area contributed by atoms with Crippen molar-refractivity contribution < 1.29 is 13.9 Å². The summed E-state index contributed by atoms with van der Waals surface area (Å²) in [4.78, 5) is 6.64. The van der Waals surface area contributed by atoms with Gasteiger partial charge in [0.1, 0.15) is 18.2 Å². The van der Waals surface area contributed by atoms with Gasteiger partial charge in [0, 0.05) is 25.8 Å². The minimum Gasteiger partial charge on any atom is -0.487 e. The van der Waals surface area contributed by atoms with Gasteiger partial charge in [-0.3, -0.25) is 9.88 Å². The highest BCUT2D eigenvalue weighted by molar-refractivity contribution is 5.29. The summed E-state index contributed by atoms with van der Waals surface area (Å²) in [6.07, 6.45) is 1.74. The van der Waals surface area contributed by atoms with Gasteiger partial charge in [-0.25, -0.2) is 4.39 Å². The van der Waals surface area contributed by atoms with Crippen LogP contribution in [-0.4, -0.2) is 29.6 Å². The Kier molecular flexibility index (Phi) is 5.95. The largest absolute Gasteiger partial charge is 0.487 e. The standard InChI is InChI=1S/C23H23FN2O2/c24-20-9-7-19(8-10-20)23-16-26(12-13-27-23)15-18-4-3-6-22(14-18)28-17-21-5-1-2-11-25-21/h1-11,14,23H,12-13,15-17H2. The number of hydrogen-bond acceptors (Lipinski definition) is 4. The number of aromatic nitrogens is 1. The molecule has 1 saturated heterocycles. The minimum absolute atomic E-state index is 0.0297. The van der Waals surface area contributed by atoms with Crippen LogP contribution in [0.25, 0.3) is 0 Å². The quantitative estimate of drug-likeness (QED) is 0.638. The number of halogens is 1. The molecule has 0 N–H and O–H groups in total. The van der Waals surface area contributed by atoms with Gasteiger partial charge < -0.3 is 9.47 Å². The van der Waals surface area contributed by atoms with E-state index in [0.29, 0.717) is 13.2 Å². The molecule has 5 heteroatoms. The number of ether oxygens (including phenoxy) is 2. The van der Waals surface area contributed by atoms with E-state index < -0.39 is 0 Å². The summed E-state index contributed by atoms with van der Waals surface area (Å²) >= 11 is 0. The van der Waals surface area contributed by atoms with E-state index in [1.54, 1.807) is 18.3 Å². The van der Waals surface area contributed by atoms with Crippen molar-refractivity contribution in [3.05, 3.63) is 95.6 Å². The van der Waals surface area contributed by atoms with E-state index in [-0.39, 0.29) is 11.9 Å². The number of morpholine rings is 1. The van der Waals surface area contributed by atoms with E-state index in [1.807, 2.05) is 30.3 Å². The molecule has 28 heavy (non-hydrogen) atoms. The van der Waals surface area contributed by atoms with E-state index in [4.69, 9.17) is 9.47 Å². The molecule has 2 aromatic carbocycles. The van der Waals surface area contributed by atoms with E-state index in [0.717, 1.165) is 36.6 Å². The molecule has 4 nitrogen and oxygen atoms in total. The number of nitrogens with zero attached hydrogens (tertiary/aromatic N) is 2. The molecule has 4 rings (SSSR count). The summed E-state index contributed by atoms with van der Waals surface area (Å²) in [6.45, 7) is 3.59. The van der Waals surface area contributed by atoms with Crippen LogP contribution in [0, 0.1) is 5.82 Å². The van der Waals surface area contributed by atoms with Crippen molar-refractivity contribution in [1.29, 1.82) is 0 Å². The summed E-state index contributed by atoms with van der Waals surface area (Å²) < 4.78 is 24.9. The molecule has 2 heterocycles. The first-order valence-corrected chi connectivity index (χ1v) is 9.47. The number of rotatable bonds is 6. The maximum absolute atomic E-state index is 13.2. The Morgan fingerprint density at radius 1 is 1.07 bits per heavy atom. The van der Waals surface area contributed by atoms with Crippen LogP contribution in [-0.2, 0) is 17.9 Å². The Morgan fingerprint density at radius 3 is 2.79 bits per heavy atom. The summed E-state index contributed by atoms with van der Waals surface area (Å²) in [5.41, 5.74) is 3.11. The van der Waals surface area contributed by atoms with Crippen LogP contribution < -0.4 is 4.74 Å². The van der Waals surface area contributed by atoms with Crippen molar-refractivity contribution in [3.8, 4) is 5.75 Å². The van der Waals surface area contributed by atoms with Crippen molar-refractivity contribution in [2.75, 3.05) is 19.7 Å². The average molecular weight is 378 g/mol. The zero-order chi connectivity index (χ0) is 19.2. The Bertz CT molecular complexity index is 887. The van der Waals surface area contributed by atoms with Crippen molar-refractivity contribution in [1.82, 2.24) is 9.88 Å². The molecule has 144 valence electrons. The van der Waals surface area contributed by atoms with Gasteiger partial charge in [-0.05, 0) is 47.5 Å². The van der Waals surface area contributed by atoms with Gasteiger partial charge >= 0.3 is 0 Å². The van der Waals surface area contributed by atoms with Gasteiger partial charge in [0.25, 0.3) is 0 Å². The second-order valence-corrected chi connectivity index (χ2v) is 6.90. The topological polar surface area (TPSA) is 34.6 Å². The smallest absolute Gasteiger partial charge is 0.130 e. The van der Waals surface area contributed by atoms with Crippen LogP contribution in [0.5, 0.6) is 5.75 Å². The van der Waals surface area contributed by atoms with Crippen LogP contribution >= 0.6 is 0 Å². The predicted octanol–water partition coefficient (Wildman–Crippen LogP) is 4.37. The van der Waals surface area contributed by atoms with Gasteiger partial charge in [0.05, 0.1) is 18.4 Å². The lowest BCUT2D eigenvalue weighted by Gasteiger charge is -2.33. The summed E-state index contributed by atoms with van der Waals surface area (Å²) in [5, 5.41) is 0. The summed E-state index contributed by atoms with van der Waals surface area (Å²) in [6, 6.07) is 20.5. The Balaban J connectivity index is 1.36. The van der Waals surface area contributed by atoms with Gasteiger partial charge in [-0.15, -0.1) is 0 Å². The van der Waals surface area contributed by atoms with Crippen LogP contribution in [0.3, 0.4) is 0 Å². The fourth-order valence-corrected chi connectivity index (χ4v) is 3.36. The third-order valence-corrected chi connectivity index (χ3v) is 4.81. The molecule has 0 radical (unpaired) electrons. The normalized spacial score (nSPS) is 17.4. The highest BCUT2D eigenvalue weighted by atomic mass is 19.1. The summed E-state index contributed by atoms with van der Waals surface area (Å²) in [7, 11) is 0. The van der Waals surface area contributed by atoms with Gasteiger partial charge in [0.2, 0.25) is 0 Å². The molecule has 1 aromatic heterocycles. The first-order chi connectivity index (χ1) is 13.8. The fraction of sp³-hybridized carbons (Fsp3) is 0.261. The molecular weight excluding hydrogens is 355 g/mol. The van der Waals surface area contributed by atoms with E-state index in [2.05, 4.69) is 22.0 Å². The van der Waals surface area contributed by atoms with Gasteiger partial charge in [-0.1, -0.05) is 30.3 Å². The first-order valence-electron chi connectivity index (χ1n) is 9.47. The Hall–Kier alpha value is -2.76. The van der Waals surface area contributed by atoms with Crippen molar-refractivity contribution >= 4 is 0 Å². The number of pyridine rings is 1. The molecule has 1 aliphatic heterocycles. The minimum atomic E-state index is -0.223. The van der Waals surface area contributed by atoms with Crippen LogP contribution in [0.15, 0.2) is 72.9 Å². The lowest BCUT2D eigenvalue weighted by Crippen LogP contribution is -2.37. The Labute approximate surface area is 164 Å².